The van der Waals surface area contributed by atoms with E-state index in [4.69, 9.17) is 9.47 Å². The molecule has 7 nitrogen and oxygen atoms in total. The fourth-order valence-corrected chi connectivity index (χ4v) is 5.32. The molecule has 0 bridgehead atoms. The third kappa shape index (κ3) is 4.63. The number of nitrogens with one attached hydrogen (secondary N) is 1. The van der Waals surface area contributed by atoms with Gasteiger partial charge in [-0.05, 0) is 55.0 Å². The molecule has 1 fully saturated rings. The maximum Gasteiger partial charge on any atom is 0.407 e. The number of para-hydroxylation sites is 1. The predicted molar refractivity (Wildman–Crippen MR) is 144 cm³/mol. The summed E-state index contributed by atoms with van der Waals surface area (Å²) in [6.07, 6.45) is 4.94. The van der Waals surface area contributed by atoms with E-state index in [-0.39, 0.29) is 17.5 Å². The van der Waals surface area contributed by atoms with Crippen LogP contribution in [0.25, 0.3) is 17.0 Å². The number of ether oxygens (including phenoxy) is 2. The van der Waals surface area contributed by atoms with Gasteiger partial charge in [0, 0.05) is 41.3 Å². The van der Waals surface area contributed by atoms with Crippen molar-refractivity contribution in [2.75, 3.05) is 13.1 Å². The number of carbonyl (C=O) groups excluding carboxylic acids is 1. The van der Waals surface area contributed by atoms with Gasteiger partial charge >= 0.3 is 6.09 Å². The first-order valence-corrected chi connectivity index (χ1v) is 12.9. The second kappa shape index (κ2) is 10.1. The van der Waals surface area contributed by atoms with E-state index in [9.17, 15) is 14.7 Å². The standard InChI is InChI=1S/C31H28N2O5/c34-29-24-10-11-27(37-19-21-6-2-1-3-7-21)25(16-20-12-14-33(15-13-20)31(35)36)30(24)38-28(29)17-22-18-32-26-9-5-4-8-23(22)26/h1-11,17-18,20,32H,12-16,19H2,(H,35,36)/b28-17-. The zero-order valence-electron chi connectivity index (χ0n) is 20.9. The number of Topliss-reactive ketones (excluding diaryl/α,β-unsaturated/α-hetero) is 1. The largest absolute Gasteiger partial charge is 0.488 e. The number of fused-ring (bicyclic) bond motifs is 2. The number of hydrogen-bond donors (Lipinski definition) is 2. The molecule has 1 aromatic heterocycles. The van der Waals surface area contributed by atoms with Gasteiger partial charge in [-0.1, -0.05) is 48.5 Å². The van der Waals surface area contributed by atoms with Gasteiger partial charge < -0.3 is 24.5 Å². The van der Waals surface area contributed by atoms with Crippen molar-refractivity contribution in [1.29, 1.82) is 0 Å². The molecule has 0 unspecified atom stereocenters. The molecular weight excluding hydrogens is 480 g/mol. The summed E-state index contributed by atoms with van der Waals surface area (Å²) >= 11 is 0. The highest BCUT2D eigenvalue weighted by atomic mass is 16.5. The Morgan fingerprint density at radius 3 is 2.61 bits per heavy atom. The van der Waals surface area contributed by atoms with E-state index in [1.165, 1.54) is 4.90 Å². The minimum Gasteiger partial charge on any atom is -0.488 e. The van der Waals surface area contributed by atoms with Crippen molar-refractivity contribution in [3.63, 3.8) is 0 Å². The van der Waals surface area contributed by atoms with Crippen molar-refractivity contribution in [3.8, 4) is 11.5 Å². The number of nitrogens with zero attached hydrogens (tertiary/aromatic N) is 1. The zero-order chi connectivity index (χ0) is 26.1. The molecule has 0 saturated carbocycles. The molecule has 192 valence electrons. The van der Waals surface area contributed by atoms with Crippen LogP contribution in [-0.2, 0) is 13.0 Å². The first kappa shape index (κ1) is 23.9. The number of aromatic nitrogens is 1. The van der Waals surface area contributed by atoms with Crippen LogP contribution in [0.15, 0.2) is 78.7 Å². The van der Waals surface area contributed by atoms with E-state index in [0.29, 0.717) is 43.2 Å². The van der Waals surface area contributed by atoms with Gasteiger partial charge in [-0.3, -0.25) is 4.79 Å². The lowest BCUT2D eigenvalue weighted by molar-refractivity contribution is 0.101. The van der Waals surface area contributed by atoms with E-state index in [1.807, 2.05) is 66.9 Å². The predicted octanol–water partition coefficient (Wildman–Crippen LogP) is 6.30. The highest BCUT2D eigenvalue weighted by Crippen LogP contribution is 2.42. The van der Waals surface area contributed by atoms with Crippen LogP contribution in [0.5, 0.6) is 11.5 Å². The van der Waals surface area contributed by atoms with Gasteiger partial charge in [0.15, 0.2) is 5.76 Å². The fraction of sp³-hybridized carbons (Fsp3) is 0.226. The number of aromatic amines is 1. The van der Waals surface area contributed by atoms with Gasteiger partial charge in [0.05, 0.1) is 5.56 Å². The summed E-state index contributed by atoms with van der Waals surface area (Å²) in [5.41, 5.74) is 4.32. The number of amides is 1. The van der Waals surface area contributed by atoms with Gasteiger partial charge in [0.25, 0.3) is 0 Å². The summed E-state index contributed by atoms with van der Waals surface area (Å²) in [7, 11) is 0. The van der Waals surface area contributed by atoms with E-state index in [0.717, 1.165) is 40.4 Å². The normalized spacial score (nSPS) is 16.6. The average molecular weight is 509 g/mol. The van der Waals surface area contributed by atoms with Crippen LogP contribution in [0, 0.1) is 5.92 Å². The monoisotopic (exact) mass is 508 g/mol. The summed E-state index contributed by atoms with van der Waals surface area (Å²) in [6, 6.07) is 21.5. The lowest BCUT2D eigenvalue weighted by Crippen LogP contribution is -2.37. The second-order valence-electron chi connectivity index (χ2n) is 9.84. The molecule has 7 heteroatoms. The van der Waals surface area contributed by atoms with Crippen LogP contribution in [0.2, 0.25) is 0 Å². The Balaban J connectivity index is 1.32. The van der Waals surface area contributed by atoms with Gasteiger partial charge in [-0.25, -0.2) is 4.79 Å². The number of allylic oxidation sites excluding steroid dienone is 1. The molecule has 2 aliphatic rings. The number of carbonyl (C=O) groups is 2. The Morgan fingerprint density at radius 2 is 1.82 bits per heavy atom. The van der Waals surface area contributed by atoms with Gasteiger partial charge in [-0.2, -0.15) is 0 Å². The summed E-state index contributed by atoms with van der Waals surface area (Å²) in [6.45, 7) is 1.40. The topological polar surface area (TPSA) is 91.9 Å². The number of carboxylic acid groups (broad SMARTS) is 1. The van der Waals surface area contributed by atoms with E-state index in [1.54, 1.807) is 12.1 Å². The molecule has 6 rings (SSSR count). The molecule has 3 heterocycles. The van der Waals surface area contributed by atoms with Crippen LogP contribution >= 0.6 is 0 Å². The zero-order valence-corrected chi connectivity index (χ0v) is 20.9. The van der Waals surface area contributed by atoms with Crippen molar-refractivity contribution in [3.05, 3.63) is 101 Å². The van der Waals surface area contributed by atoms with Crippen LogP contribution in [0.1, 0.15) is 39.9 Å². The van der Waals surface area contributed by atoms with Gasteiger partial charge in [0.2, 0.25) is 5.78 Å². The lowest BCUT2D eigenvalue weighted by atomic mass is 9.88. The quantitative estimate of drug-likeness (QED) is 0.299. The van der Waals surface area contributed by atoms with Crippen LogP contribution in [-0.4, -0.2) is 40.0 Å². The Morgan fingerprint density at radius 1 is 1.05 bits per heavy atom. The summed E-state index contributed by atoms with van der Waals surface area (Å²) in [4.78, 5) is 29.5. The average Bonchev–Trinajstić information content (AvgIpc) is 3.50. The lowest BCUT2D eigenvalue weighted by Gasteiger charge is -2.30. The van der Waals surface area contributed by atoms with E-state index in [2.05, 4.69) is 4.98 Å². The molecule has 1 amide bonds. The third-order valence-corrected chi connectivity index (χ3v) is 7.42. The highest BCUT2D eigenvalue weighted by molar-refractivity contribution is 6.15. The van der Waals surface area contributed by atoms with Crippen molar-refractivity contribution in [2.45, 2.75) is 25.9 Å². The smallest absolute Gasteiger partial charge is 0.407 e. The molecule has 38 heavy (non-hydrogen) atoms. The molecule has 0 radical (unpaired) electrons. The Hall–Kier alpha value is -4.52. The number of benzene rings is 3. The SMILES string of the molecule is O=C1/C(=C/c2c[nH]c3ccccc23)Oc2c1ccc(OCc1ccccc1)c2CC1CCN(C(=O)O)CC1. The molecule has 3 aromatic carbocycles. The van der Waals surface area contributed by atoms with Crippen molar-refractivity contribution >= 4 is 28.9 Å². The van der Waals surface area contributed by atoms with Crippen LogP contribution in [0.4, 0.5) is 4.79 Å². The third-order valence-electron chi connectivity index (χ3n) is 7.42. The first-order chi connectivity index (χ1) is 18.6. The minimum absolute atomic E-state index is 0.151. The maximum atomic E-state index is 13.4. The van der Waals surface area contributed by atoms with Crippen LogP contribution < -0.4 is 9.47 Å². The highest BCUT2D eigenvalue weighted by Gasteiger charge is 2.33. The first-order valence-electron chi connectivity index (χ1n) is 12.9. The van der Waals surface area contributed by atoms with E-state index < -0.39 is 6.09 Å². The number of rotatable bonds is 6. The van der Waals surface area contributed by atoms with Crippen LogP contribution in [0.3, 0.4) is 0 Å². The van der Waals surface area contributed by atoms with Crippen molar-refractivity contribution < 1.29 is 24.2 Å². The molecule has 4 aromatic rings. The number of likely N-dealkylation sites (tertiary alicyclic amines) is 1. The molecule has 1 saturated heterocycles. The van der Waals surface area contributed by atoms with Gasteiger partial charge in [0.1, 0.15) is 18.1 Å². The molecule has 2 aliphatic heterocycles. The second-order valence-corrected chi connectivity index (χ2v) is 9.84. The number of ketones is 1. The van der Waals surface area contributed by atoms with E-state index >= 15 is 0 Å². The Bertz CT molecular complexity index is 1530. The number of piperidine rings is 1. The minimum atomic E-state index is -0.878. The molecule has 0 spiro atoms. The van der Waals surface area contributed by atoms with Crippen molar-refractivity contribution in [2.24, 2.45) is 5.92 Å². The molecule has 0 atom stereocenters. The van der Waals surface area contributed by atoms with Gasteiger partial charge in [-0.15, -0.1) is 0 Å². The number of hydrogen-bond acceptors (Lipinski definition) is 4. The molecule has 0 aliphatic carbocycles. The van der Waals surface area contributed by atoms with Crippen molar-refractivity contribution in [1.82, 2.24) is 9.88 Å². The summed E-state index contributed by atoms with van der Waals surface area (Å²) < 4.78 is 12.5. The summed E-state index contributed by atoms with van der Waals surface area (Å²) in [5, 5.41) is 10.4. The Labute approximate surface area is 220 Å². The maximum absolute atomic E-state index is 13.4. The fourth-order valence-electron chi connectivity index (χ4n) is 5.32. The molecular formula is C31H28N2O5. The Kier molecular flexibility index (Phi) is 6.33. The molecule has 2 N–H and O–H groups in total. The summed E-state index contributed by atoms with van der Waals surface area (Å²) in [5.74, 6) is 1.63. The number of H-pyrrole nitrogens is 1.